The lowest BCUT2D eigenvalue weighted by atomic mass is 10.1. The number of piperazine rings is 1. The van der Waals surface area contributed by atoms with Crippen LogP contribution in [-0.2, 0) is 30.5 Å². The molecule has 59 heavy (non-hydrogen) atoms. The molecule has 0 aliphatic carbocycles. The van der Waals surface area contributed by atoms with E-state index in [1.54, 1.807) is 34.8 Å². The molecule has 0 bridgehead atoms. The minimum absolute atomic E-state index is 0.00533. The molecule has 0 saturated carbocycles. The Hall–Kier alpha value is -6.68. The van der Waals surface area contributed by atoms with Crippen molar-refractivity contribution in [1.82, 2.24) is 29.0 Å². The maximum absolute atomic E-state index is 14.5. The molecule has 0 spiro atoms. The fourth-order valence-corrected chi connectivity index (χ4v) is 7.46. The SMILES string of the molecule is CCc1c(N2CCN(C(=O)c3ncnc(C)c3OCc3ccccc3)CC2)c(=O)n2nc(-c3ccc4ccoc4c3)cc2n1CC(=O)Nc1ccc(C(F)(F)F)cc1Cl. The van der Waals surface area contributed by atoms with Gasteiger partial charge in [0.2, 0.25) is 5.91 Å². The summed E-state index contributed by atoms with van der Waals surface area (Å²) in [6.45, 7) is 4.49. The van der Waals surface area contributed by atoms with Gasteiger partial charge in [-0.3, -0.25) is 14.4 Å². The molecule has 1 aliphatic rings. The number of aromatic nitrogens is 5. The lowest BCUT2D eigenvalue weighted by Crippen LogP contribution is -2.51. The molecule has 13 nitrogen and oxygen atoms in total. The number of alkyl halides is 3. The smallest absolute Gasteiger partial charge is 0.416 e. The number of carbonyl (C=O) groups is 2. The van der Waals surface area contributed by atoms with Crippen LogP contribution in [0.4, 0.5) is 24.5 Å². The van der Waals surface area contributed by atoms with Crippen LogP contribution < -0.4 is 20.5 Å². The minimum Gasteiger partial charge on any atom is -0.485 e. The van der Waals surface area contributed by atoms with Gasteiger partial charge in [-0.2, -0.15) is 22.8 Å². The van der Waals surface area contributed by atoms with Gasteiger partial charge in [0.15, 0.2) is 11.4 Å². The molecule has 1 saturated heterocycles. The monoisotopic (exact) mass is 824 g/mol. The molecular formula is C42H36ClF3N8O5. The number of nitrogens with one attached hydrogen (secondary N) is 1. The van der Waals surface area contributed by atoms with Gasteiger partial charge in [-0.25, -0.2) is 9.97 Å². The minimum atomic E-state index is -4.62. The van der Waals surface area contributed by atoms with Gasteiger partial charge < -0.3 is 28.8 Å². The van der Waals surface area contributed by atoms with Gasteiger partial charge in [-0.15, -0.1) is 0 Å². The average Bonchev–Trinajstić information content (AvgIpc) is 3.90. The van der Waals surface area contributed by atoms with Crippen molar-refractivity contribution in [2.24, 2.45) is 0 Å². The molecule has 8 rings (SSSR count). The highest BCUT2D eigenvalue weighted by molar-refractivity contribution is 6.33. The van der Waals surface area contributed by atoms with Crippen LogP contribution >= 0.6 is 11.6 Å². The molecule has 5 heterocycles. The Kier molecular flexibility index (Phi) is 10.6. The second-order valence-corrected chi connectivity index (χ2v) is 14.4. The van der Waals surface area contributed by atoms with Crippen LogP contribution in [0.25, 0.3) is 27.9 Å². The van der Waals surface area contributed by atoms with Crippen molar-refractivity contribution < 1.29 is 31.9 Å². The number of furan rings is 1. The van der Waals surface area contributed by atoms with Crippen LogP contribution in [0.1, 0.15) is 39.9 Å². The van der Waals surface area contributed by atoms with Crippen LogP contribution in [0.5, 0.6) is 5.75 Å². The van der Waals surface area contributed by atoms with Crippen molar-refractivity contribution in [2.45, 2.75) is 39.6 Å². The van der Waals surface area contributed by atoms with Crippen molar-refractivity contribution in [3.05, 3.63) is 135 Å². The number of hydrogen-bond acceptors (Lipinski definition) is 9. The summed E-state index contributed by atoms with van der Waals surface area (Å²) in [7, 11) is 0. The van der Waals surface area contributed by atoms with E-state index in [4.69, 9.17) is 25.9 Å². The normalized spacial score (nSPS) is 13.3. The molecule has 302 valence electrons. The van der Waals surface area contributed by atoms with Crippen molar-refractivity contribution in [3.8, 4) is 17.0 Å². The van der Waals surface area contributed by atoms with Crippen LogP contribution in [0.3, 0.4) is 0 Å². The van der Waals surface area contributed by atoms with Crippen molar-refractivity contribution in [1.29, 1.82) is 0 Å². The Labute approximate surface area is 339 Å². The first-order valence-electron chi connectivity index (χ1n) is 18.7. The van der Waals surface area contributed by atoms with E-state index in [2.05, 4.69) is 15.3 Å². The zero-order chi connectivity index (χ0) is 41.4. The number of nitrogens with zero attached hydrogens (tertiary/aromatic N) is 7. The highest BCUT2D eigenvalue weighted by atomic mass is 35.5. The summed E-state index contributed by atoms with van der Waals surface area (Å²) in [5.41, 5.74) is 3.06. The molecule has 4 aromatic heterocycles. The van der Waals surface area contributed by atoms with Crippen LogP contribution in [0.15, 0.2) is 101 Å². The quantitative estimate of drug-likeness (QED) is 0.149. The Morgan fingerprint density at radius 2 is 1.75 bits per heavy atom. The lowest BCUT2D eigenvalue weighted by molar-refractivity contribution is -0.137. The summed E-state index contributed by atoms with van der Waals surface area (Å²) < 4.78 is 54.5. The average molecular weight is 825 g/mol. The van der Waals surface area contributed by atoms with E-state index in [0.29, 0.717) is 51.7 Å². The van der Waals surface area contributed by atoms with E-state index in [0.717, 1.165) is 29.1 Å². The van der Waals surface area contributed by atoms with E-state index in [1.807, 2.05) is 60.4 Å². The molecular weight excluding hydrogens is 789 g/mol. The number of aryl methyl sites for hydroxylation is 1. The van der Waals surface area contributed by atoms with Gasteiger partial charge >= 0.3 is 6.18 Å². The summed E-state index contributed by atoms with van der Waals surface area (Å²) in [4.78, 5) is 54.3. The van der Waals surface area contributed by atoms with E-state index in [-0.39, 0.29) is 61.6 Å². The third kappa shape index (κ3) is 7.82. The van der Waals surface area contributed by atoms with Crippen molar-refractivity contribution >= 4 is 51.4 Å². The van der Waals surface area contributed by atoms with E-state index in [9.17, 15) is 27.6 Å². The number of anilines is 2. The third-order valence-corrected chi connectivity index (χ3v) is 10.5. The summed E-state index contributed by atoms with van der Waals surface area (Å²) in [5, 5.41) is 7.93. The third-order valence-electron chi connectivity index (χ3n) is 10.2. The maximum Gasteiger partial charge on any atom is 0.416 e. The first kappa shape index (κ1) is 39.2. The number of rotatable bonds is 10. The van der Waals surface area contributed by atoms with Gasteiger partial charge in [0, 0.05) is 48.9 Å². The van der Waals surface area contributed by atoms with Crippen molar-refractivity contribution in [2.75, 3.05) is 36.4 Å². The second kappa shape index (κ2) is 15.9. The van der Waals surface area contributed by atoms with E-state index >= 15 is 0 Å². The lowest BCUT2D eigenvalue weighted by Gasteiger charge is -2.37. The van der Waals surface area contributed by atoms with Crippen LogP contribution in [-0.4, -0.2) is 67.0 Å². The molecule has 1 aliphatic heterocycles. The predicted octanol–water partition coefficient (Wildman–Crippen LogP) is 7.42. The van der Waals surface area contributed by atoms with Gasteiger partial charge in [0.25, 0.3) is 11.5 Å². The standard InChI is InChI=1S/C42H36ClF3N8O5/c1-3-33-38(51-14-16-52(17-15-51)40(56)37-39(25(2)47-24-48-37)59-23-26-7-5-4-6-8-26)41(57)54-36(21-32(50-54)28-10-9-27-13-18-58-34(27)19-28)53(33)22-35(55)49-31-12-11-29(20-30(31)43)42(44,45)46/h4-13,18-21,24H,3,14-17,22-23H2,1-2H3,(H,49,55). The van der Waals surface area contributed by atoms with Crippen molar-refractivity contribution in [3.63, 3.8) is 0 Å². The molecule has 1 fully saturated rings. The molecule has 7 aromatic rings. The van der Waals surface area contributed by atoms with E-state index < -0.39 is 23.2 Å². The van der Waals surface area contributed by atoms with Gasteiger partial charge in [-0.05, 0) is 49.2 Å². The Morgan fingerprint density at radius 3 is 2.47 bits per heavy atom. The number of benzene rings is 3. The Balaban J connectivity index is 1.11. The first-order chi connectivity index (χ1) is 28.4. The zero-order valence-corrected chi connectivity index (χ0v) is 32.5. The number of carbonyl (C=O) groups excluding carboxylic acids is 2. The topological polar surface area (TPSA) is 140 Å². The Morgan fingerprint density at radius 1 is 0.966 bits per heavy atom. The second-order valence-electron chi connectivity index (χ2n) is 13.9. The van der Waals surface area contributed by atoms with Crippen LogP contribution in [0.2, 0.25) is 5.02 Å². The maximum atomic E-state index is 14.5. The molecule has 2 amide bonds. The summed E-state index contributed by atoms with van der Waals surface area (Å²) in [6.07, 6.45) is -1.40. The fourth-order valence-electron chi connectivity index (χ4n) is 7.24. The number of fused-ring (bicyclic) bond motifs is 2. The highest BCUT2D eigenvalue weighted by Crippen LogP contribution is 2.34. The summed E-state index contributed by atoms with van der Waals surface area (Å²) >= 11 is 6.19. The zero-order valence-electron chi connectivity index (χ0n) is 31.8. The molecule has 0 atom stereocenters. The van der Waals surface area contributed by atoms with Gasteiger partial charge in [-0.1, -0.05) is 61.0 Å². The predicted molar refractivity (Wildman–Crippen MR) is 215 cm³/mol. The number of hydrogen-bond donors (Lipinski definition) is 1. The van der Waals surface area contributed by atoms with Gasteiger partial charge in [0.05, 0.1) is 33.9 Å². The number of amides is 2. The summed E-state index contributed by atoms with van der Waals surface area (Å²) in [6, 6.07) is 21.3. The number of halogens is 4. The number of ether oxygens (including phenoxy) is 1. The first-order valence-corrected chi connectivity index (χ1v) is 19.1. The van der Waals surface area contributed by atoms with Gasteiger partial charge in [0.1, 0.15) is 36.4 Å². The fraction of sp³-hybridized carbons (Fsp3) is 0.238. The molecule has 1 N–H and O–H groups in total. The Bertz CT molecular complexity index is 2780. The van der Waals surface area contributed by atoms with E-state index in [1.165, 1.54) is 10.8 Å². The molecule has 0 unspecified atom stereocenters. The largest absolute Gasteiger partial charge is 0.485 e. The molecule has 0 radical (unpaired) electrons. The molecule has 17 heteroatoms. The highest BCUT2D eigenvalue weighted by Gasteiger charge is 2.32. The summed E-state index contributed by atoms with van der Waals surface area (Å²) in [5.74, 6) is -0.647. The van der Waals surface area contributed by atoms with Crippen LogP contribution in [0, 0.1) is 6.92 Å². The molecule has 3 aromatic carbocycles.